The first-order chi connectivity index (χ1) is 17.4. The number of hydrogen-bond donors (Lipinski definition) is 0. The summed E-state index contributed by atoms with van der Waals surface area (Å²) in [6, 6.07) is 0. The molecule has 0 radical (unpaired) electrons. The Morgan fingerprint density at radius 1 is 0.286 bits per heavy atom. The van der Waals surface area contributed by atoms with Gasteiger partial charge in [-0.05, 0) is 30.1 Å². The van der Waals surface area contributed by atoms with Crippen molar-refractivity contribution < 1.29 is 0 Å². The summed E-state index contributed by atoms with van der Waals surface area (Å²) >= 11 is 0. The Morgan fingerprint density at radius 2 is 0.514 bits per heavy atom. The second-order valence-corrected chi connectivity index (χ2v) is 13.5. The van der Waals surface area contributed by atoms with Crippen molar-refractivity contribution in [2.24, 2.45) is 23.7 Å². The quantitative estimate of drug-likeness (QED) is 0.370. The lowest BCUT2D eigenvalue weighted by molar-refractivity contribution is 0.132. The van der Waals surface area contributed by atoms with E-state index in [1.807, 2.05) is 0 Å². The summed E-state index contributed by atoms with van der Waals surface area (Å²) in [5, 5.41) is 0. The van der Waals surface area contributed by atoms with E-state index in [9.17, 15) is 0 Å². The van der Waals surface area contributed by atoms with Crippen molar-refractivity contribution in [1.82, 2.24) is 0 Å². The van der Waals surface area contributed by atoms with Crippen LogP contribution in [0.25, 0.3) is 0 Å². The van der Waals surface area contributed by atoms with Gasteiger partial charge in [0.1, 0.15) is 0 Å². The molecule has 206 valence electrons. The molecule has 0 heterocycles. The molecule has 3 aliphatic carbocycles. The average Bonchev–Trinajstić information content (AvgIpc) is 3.01. The Morgan fingerprint density at radius 3 is 0.800 bits per heavy atom. The molecule has 3 fully saturated rings. The molecule has 0 amide bonds. The topological polar surface area (TPSA) is 0 Å². The average molecular weight is 487 g/mol. The predicted octanol–water partition coefficient (Wildman–Crippen LogP) is 12.6. The lowest BCUT2D eigenvalue weighted by Gasteiger charge is -2.37. The second-order valence-electron chi connectivity index (χ2n) is 13.5. The van der Waals surface area contributed by atoms with Gasteiger partial charge in [0.05, 0.1) is 0 Å². The molecular weight excluding hydrogens is 420 g/mol. The third-order valence-electron chi connectivity index (χ3n) is 10.6. The molecule has 0 aliphatic heterocycles. The van der Waals surface area contributed by atoms with Crippen LogP contribution in [0.4, 0.5) is 0 Å². The largest absolute Gasteiger partial charge is 0.0533 e. The number of hydrogen-bond acceptors (Lipinski definition) is 0. The molecule has 0 heteroatoms. The monoisotopic (exact) mass is 487 g/mol. The fraction of sp³-hybridized carbons (Fsp3) is 1.00. The summed E-state index contributed by atoms with van der Waals surface area (Å²) in [6.45, 7) is 0. The van der Waals surface area contributed by atoms with Crippen molar-refractivity contribution in [2.45, 2.75) is 199 Å². The summed E-state index contributed by atoms with van der Waals surface area (Å²) in [5.41, 5.74) is 0. The minimum Gasteiger partial charge on any atom is -0.0533 e. The van der Waals surface area contributed by atoms with Crippen molar-refractivity contribution in [3.63, 3.8) is 0 Å². The van der Waals surface area contributed by atoms with Gasteiger partial charge in [0.25, 0.3) is 0 Å². The van der Waals surface area contributed by atoms with Gasteiger partial charge in [0, 0.05) is 0 Å². The number of rotatable bonds is 4. The van der Waals surface area contributed by atoms with Gasteiger partial charge in [0.2, 0.25) is 0 Å². The van der Waals surface area contributed by atoms with Gasteiger partial charge in [-0.1, -0.05) is 193 Å². The van der Waals surface area contributed by atoms with E-state index in [1.54, 1.807) is 70.6 Å². The van der Waals surface area contributed by atoms with Crippen molar-refractivity contribution in [3.05, 3.63) is 0 Å². The second kappa shape index (κ2) is 20.0. The Labute approximate surface area is 222 Å². The van der Waals surface area contributed by atoms with Crippen LogP contribution < -0.4 is 0 Å². The van der Waals surface area contributed by atoms with E-state index in [0.29, 0.717) is 0 Å². The van der Waals surface area contributed by atoms with Crippen LogP contribution in [-0.4, -0.2) is 0 Å². The maximum atomic E-state index is 1.62. The molecule has 0 bridgehead atoms. The first-order valence-electron chi connectivity index (χ1n) is 17.4. The SMILES string of the molecule is C1CCCCCC(CC(C2CCCCCCCCCC2)C2CCCCCCCCCC2)CCCC1. The lowest BCUT2D eigenvalue weighted by atomic mass is 9.68. The molecular formula is C35H66. The molecule has 0 aromatic heterocycles. The van der Waals surface area contributed by atoms with Gasteiger partial charge < -0.3 is 0 Å². The van der Waals surface area contributed by atoms with Gasteiger partial charge in [0.15, 0.2) is 0 Å². The molecule has 0 saturated heterocycles. The molecule has 0 aromatic carbocycles. The van der Waals surface area contributed by atoms with E-state index in [2.05, 4.69) is 0 Å². The Bertz CT molecular complexity index is 403. The molecule has 0 spiro atoms. The summed E-state index contributed by atoms with van der Waals surface area (Å²) in [7, 11) is 0. The standard InChI is InChI=1S/C35H66/c1-2-8-14-20-26-32(25-19-13-7-1)31-35(33-27-21-15-9-3-4-10-16-22-28-33)34-29-23-17-11-5-6-12-18-24-30-34/h32-35H,1-31H2. The van der Waals surface area contributed by atoms with Crippen LogP contribution in [0.3, 0.4) is 0 Å². The van der Waals surface area contributed by atoms with Gasteiger partial charge in [-0.3, -0.25) is 0 Å². The Hall–Kier alpha value is 0. The Balaban J connectivity index is 1.71. The van der Waals surface area contributed by atoms with Gasteiger partial charge in [-0.15, -0.1) is 0 Å². The molecule has 35 heavy (non-hydrogen) atoms. The van der Waals surface area contributed by atoms with Crippen molar-refractivity contribution >= 4 is 0 Å². The molecule has 3 rings (SSSR count). The zero-order valence-corrected chi connectivity index (χ0v) is 24.2. The summed E-state index contributed by atoms with van der Waals surface area (Å²) in [5.74, 6) is 4.23. The first kappa shape index (κ1) is 29.6. The minimum atomic E-state index is 1.05. The van der Waals surface area contributed by atoms with Crippen molar-refractivity contribution in [1.29, 1.82) is 0 Å². The minimum absolute atomic E-state index is 1.05. The van der Waals surface area contributed by atoms with Crippen LogP contribution in [0, 0.1) is 23.7 Å². The van der Waals surface area contributed by atoms with Crippen LogP contribution in [0.5, 0.6) is 0 Å². The van der Waals surface area contributed by atoms with Crippen LogP contribution >= 0.6 is 0 Å². The molecule has 0 nitrogen and oxygen atoms in total. The molecule has 3 saturated carbocycles. The zero-order valence-electron chi connectivity index (χ0n) is 24.2. The Kier molecular flexibility index (Phi) is 16.9. The summed E-state index contributed by atoms with van der Waals surface area (Å²) in [6.07, 6.45) is 47.6. The molecule has 0 N–H and O–H groups in total. The lowest BCUT2D eigenvalue weighted by Crippen LogP contribution is -2.27. The van der Waals surface area contributed by atoms with Gasteiger partial charge in [-0.25, -0.2) is 0 Å². The van der Waals surface area contributed by atoms with Crippen LogP contribution in [0.1, 0.15) is 199 Å². The van der Waals surface area contributed by atoms with E-state index in [-0.39, 0.29) is 0 Å². The molecule has 3 aliphatic rings. The fourth-order valence-corrected chi connectivity index (χ4v) is 8.35. The fourth-order valence-electron chi connectivity index (χ4n) is 8.35. The normalized spacial score (nSPS) is 26.3. The highest BCUT2D eigenvalue weighted by Gasteiger charge is 2.31. The maximum absolute atomic E-state index is 1.62. The van der Waals surface area contributed by atoms with Crippen molar-refractivity contribution in [2.75, 3.05) is 0 Å². The predicted molar refractivity (Wildman–Crippen MR) is 157 cm³/mol. The van der Waals surface area contributed by atoms with E-state index in [4.69, 9.17) is 0 Å². The first-order valence-corrected chi connectivity index (χ1v) is 17.4. The van der Waals surface area contributed by atoms with E-state index >= 15 is 0 Å². The van der Waals surface area contributed by atoms with E-state index in [0.717, 1.165) is 23.7 Å². The van der Waals surface area contributed by atoms with E-state index in [1.165, 1.54) is 128 Å². The van der Waals surface area contributed by atoms with Crippen LogP contribution in [-0.2, 0) is 0 Å². The third-order valence-corrected chi connectivity index (χ3v) is 10.6. The highest BCUT2D eigenvalue weighted by molar-refractivity contribution is 4.82. The van der Waals surface area contributed by atoms with Crippen LogP contribution in [0.15, 0.2) is 0 Å². The van der Waals surface area contributed by atoms with Crippen LogP contribution in [0.2, 0.25) is 0 Å². The van der Waals surface area contributed by atoms with Crippen molar-refractivity contribution in [3.8, 4) is 0 Å². The zero-order chi connectivity index (χ0) is 24.2. The molecule has 0 aromatic rings. The maximum Gasteiger partial charge on any atom is -0.0355 e. The molecule has 0 unspecified atom stereocenters. The smallest absolute Gasteiger partial charge is 0.0355 e. The summed E-state index contributed by atoms with van der Waals surface area (Å²) < 4.78 is 0. The third kappa shape index (κ3) is 13.4. The van der Waals surface area contributed by atoms with E-state index < -0.39 is 0 Å². The van der Waals surface area contributed by atoms with Gasteiger partial charge >= 0.3 is 0 Å². The molecule has 0 atom stereocenters. The highest BCUT2D eigenvalue weighted by Crippen LogP contribution is 2.42. The summed E-state index contributed by atoms with van der Waals surface area (Å²) in [4.78, 5) is 0. The van der Waals surface area contributed by atoms with Gasteiger partial charge in [-0.2, -0.15) is 0 Å². The highest BCUT2D eigenvalue weighted by atomic mass is 14.4.